The van der Waals surface area contributed by atoms with Crippen LogP contribution in [0.15, 0.2) is 48.7 Å². The number of piperidine rings is 1. The molecule has 1 saturated carbocycles. The van der Waals surface area contributed by atoms with Crippen LogP contribution in [0.2, 0.25) is 5.02 Å². The Morgan fingerprint density at radius 2 is 1.83 bits per heavy atom. The lowest BCUT2D eigenvalue weighted by Crippen LogP contribution is -2.52. The third kappa shape index (κ3) is 5.24. The van der Waals surface area contributed by atoms with Gasteiger partial charge in [-0.25, -0.2) is 4.98 Å². The second kappa shape index (κ2) is 9.70. The molecule has 4 N–H and O–H groups in total. The van der Waals surface area contributed by atoms with E-state index in [1.807, 2.05) is 24.3 Å². The van der Waals surface area contributed by atoms with E-state index in [0.29, 0.717) is 28.2 Å². The minimum absolute atomic E-state index is 0.388. The van der Waals surface area contributed by atoms with Crippen molar-refractivity contribution in [2.75, 3.05) is 42.0 Å². The van der Waals surface area contributed by atoms with E-state index < -0.39 is 7.14 Å². The third-order valence-corrected chi connectivity index (χ3v) is 9.32. The predicted molar refractivity (Wildman–Crippen MR) is 151 cm³/mol. The fourth-order valence-corrected chi connectivity index (χ4v) is 6.89. The Labute approximate surface area is 218 Å². The quantitative estimate of drug-likeness (QED) is 0.346. The molecule has 0 atom stereocenters. The molecule has 9 heteroatoms. The van der Waals surface area contributed by atoms with E-state index in [1.54, 1.807) is 19.5 Å². The van der Waals surface area contributed by atoms with Crippen LogP contribution in [-0.2, 0) is 4.57 Å². The molecule has 1 saturated heterocycles. The Balaban J connectivity index is 1.29. The van der Waals surface area contributed by atoms with Gasteiger partial charge in [-0.05, 0) is 87.2 Å². The Morgan fingerprint density at radius 3 is 2.50 bits per heavy atom. The lowest BCUT2D eigenvalue weighted by atomic mass is 9.60. The van der Waals surface area contributed by atoms with Gasteiger partial charge < -0.3 is 25.8 Å². The number of aromatic nitrogens is 2. The summed E-state index contributed by atoms with van der Waals surface area (Å²) in [5, 5.41) is 7.69. The molecule has 0 bridgehead atoms. The van der Waals surface area contributed by atoms with Crippen LogP contribution in [0.25, 0.3) is 0 Å². The van der Waals surface area contributed by atoms with Crippen LogP contribution in [0, 0.1) is 12.3 Å². The zero-order valence-electron chi connectivity index (χ0n) is 21.1. The van der Waals surface area contributed by atoms with Crippen molar-refractivity contribution in [2.24, 2.45) is 11.1 Å². The number of hydrogen-bond acceptors (Lipinski definition) is 7. The molecule has 5 rings (SSSR count). The zero-order chi connectivity index (χ0) is 25.5. The summed E-state index contributed by atoms with van der Waals surface area (Å²) in [6.45, 7) is 7.81. The first-order valence-electron chi connectivity index (χ1n) is 12.4. The van der Waals surface area contributed by atoms with E-state index in [-0.39, 0.29) is 0 Å². The topological polar surface area (TPSA) is 96.2 Å². The second-order valence-electron chi connectivity index (χ2n) is 10.7. The van der Waals surface area contributed by atoms with E-state index in [2.05, 4.69) is 50.6 Å². The fourth-order valence-electron chi connectivity index (χ4n) is 5.59. The van der Waals surface area contributed by atoms with Gasteiger partial charge in [-0.1, -0.05) is 23.7 Å². The van der Waals surface area contributed by atoms with Gasteiger partial charge in [0, 0.05) is 35.8 Å². The molecular formula is C27H34ClN6OP. The van der Waals surface area contributed by atoms with Crippen LogP contribution in [0.5, 0.6) is 0 Å². The molecule has 1 spiro atoms. The molecule has 2 heterocycles. The molecule has 0 unspecified atom stereocenters. The molecule has 2 aromatic carbocycles. The van der Waals surface area contributed by atoms with E-state index in [1.165, 1.54) is 36.9 Å². The lowest BCUT2D eigenvalue weighted by molar-refractivity contribution is 0.0713. The van der Waals surface area contributed by atoms with Crippen molar-refractivity contribution in [1.82, 2.24) is 9.97 Å². The van der Waals surface area contributed by atoms with Crippen molar-refractivity contribution >= 4 is 52.9 Å². The van der Waals surface area contributed by atoms with E-state index in [0.717, 1.165) is 29.8 Å². The summed E-state index contributed by atoms with van der Waals surface area (Å²) in [5.74, 6) is 0.894. The van der Waals surface area contributed by atoms with E-state index in [4.69, 9.17) is 17.3 Å². The Bertz CT molecular complexity index is 1310. The molecule has 2 aliphatic rings. The summed E-state index contributed by atoms with van der Waals surface area (Å²) in [7, 11) is -2.48. The highest BCUT2D eigenvalue weighted by atomic mass is 35.5. The largest absolute Gasteiger partial charge is 0.371 e. The first-order chi connectivity index (χ1) is 17.1. The zero-order valence-corrected chi connectivity index (χ0v) is 22.7. The standard InChI is InChI=1S/C27H34ClN6OP/c1-18-14-20(8-9-23(18)34-12-10-27(11-13-34)15-19(29)16-27)31-26-30-17-21(28)25(33-26)32-22-6-4-5-7-24(22)36(2,3)35/h4-9,14,17,19H,10-13,15-16,29H2,1-3H3,(H2,30,31,32,33). The smallest absolute Gasteiger partial charge is 0.229 e. The van der Waals surface area contributed by atoms with Crippen molar-refractivity contribution in [3.8, 4) is 0 Å². The van der Waals surface area contributed by atoms with Crippen LogP contribution in [-0.4, -0.2) is 42.4 Å². The Hall–Kier alpha value is -2.60. The number of hydrogen-bond donors (Lipinski definition) is 3. The highest BCUT2D eigenvalue weighted by Crippen LogP contribution is 2.49. The van der Waals surface area contributed by atoms with Crippen LogP contribution >= 0.6 is 18.7 Å². The maximum absolute atomic E-state index is 12.7. The fraction of sp³-hybridized carbons (Fsp3) is 0.407. The van der Waals surface area contributed by atoms with Gasteiger partial charge in [0.15, 0.2) is 5.82 Å². The van der Waals surface area contributed by atoms with Gasteiger partial charge in [0.1, 0.15) is 12.2 Å². The summed E-state index contributed by atoms with van der Waals surface area (Å²) >= 11 is 6.39. The minimum Gasteiger partial charge on any atom is -0.371 e. The van der Waals surface area contributed by atoms with Crippen molar-refractivity contribution in [3.63, 3.8) is 0 Å². The first kappa shape index (κ1) is 25.1. The van der Waals surface area contributed by atoms with Crippen LogP contribution in [0.1, 0.15) is 31.2 Å². The molecule has 3 aromatic rings. The maximum atomic E-state index is 12.7. The third-order valence-electron chi connectivity index (χ3n) is 7.49. The number of anilines is 5. The number of para-hydroxylation sites is 1. The lowest BCUT2D eigenvalue weighted by Gasteiger charge is -2.51. The van der Waals surface area contributed by atoms with Crippen molar-refractivity contribution < 1.29 is 4.57 Å². The van der Waals surface area contributed by atoms with Gasteiger partial charge in [-0.2, -0.15) is 4.98 Å². The van der Waals surface area contributed by atoms with Gasteiger partial charge >= 0.3 is 0 Å². The number of nitrogens with one attached hydrogen (secondary N) is 2. The summed E-state index contributed by atoms with van der Waals surface area (Å²) in [6.07, 6.45) is 6.38. The van der Waals surface area contributed by atoms with Gasteiger partial charge in [0.2, 0.25) is 5.95 Å². The van der Waals surface area contributed by atoms with E-state index in [9.17, 15) is 4.57 Å². The predicted octanol–water partition coefficient (Wildman–Crippen LogP) is 5.88. The van der Waals surface area contributed by atoms with Crippen molar-refractivity contribution in [2.45, 2.75) is 38.6 Å². The van der Waals surface area contributed by atoms with Gasteiger partial charge in [0.25, 0.3) is 0 Å². The summed E-state index contributed by atoms with van der Waals surface area (Å²) < 4.78 is 12.7. The molecule has 190 valence electrons. The molecule has 0 radical (unpaired) electrons. The summed E-state index contributed by atoms with van der Waals surface area (Å²) in [6, 6.07) is 14.3. The van der Waals surface area contributed by atoms with Gasteiger partial charge in [-0.3, -0.25) is 0 Å². The Kier molecular flexibility index (Phi) is 6.75. The highest BCUT2D eigenvalue weighted by molar-refractivity contribution is 7.70. The van der Waals surface area contributed by atoms with Crippen molar-refractivity contribution in [1.29, 1.82) is 0 Å². The number of nitrogens with two attached hydrogens (primary N) is 1. The second-order valence-corrected chi connectivity index (χ2v) is 14.3. The van der Waals surface area contributed by atoms with E-state index >= 15 is 0 Å². The monoisotopic (exact) mass is 524 g/mol. The molecule has 1 aliphatic heterocycles. The number of benzene rings is 2. The number of nitrogens with zero attached hydrogens (tertiary/aromatic N) is 3. The summed E-state index contributed by atoms with van der Waals surface area (Å²) in [5.41, 5.74) is 10.7. The van der Waals surface area contributed by atoms with Crippen molar-refractivity contribution in [3.05, 3.63) is 59.2 Å². The molecular weight excluding hydrogens is 491 g/mol. The molecule has 36 heavy (non-hydrogen) atoms. The van der Waals surface area contributed by atoms with Gasteiger partial charge in [-0.15, -0.1) is 0 Å². The number of aryl methyl sites for hydroxylation is 1. The highest BCUT2D eigenvalue weighted by Gasteiger charge is 2.44. The SMILES string of the molecule is Cc1cc(Nc2ncc(Cl)c(Nc3ccccc3P(C)(C)=O)n2)ccc1N1CCC2(CC1)CC(N)C2. The number of halogens is 1. The molecule has 1 aliphatic carbocycles. The number of rotatable bonds is 6. The average molecular weight is 525 g/mol. The first-order valence-corrected chi connectivity index (χ1v) is 15.4. The molecule has 7 nitrogen and oxygen atoms in total. The summed E-state index contributed by atoms with van der Waals surface area (Å²) in [4.78, 5) is 11.4. The van der Waals surface area contributed by atoms with Crippen LogP contribution < -0.4 is 26.6 Å². The molecule has 1 aromatic heterocycles. The van der Waals surface area contributed by atoms with Crippen LogP contribution in [0.4, 0.5) is 28.8 Å². The Morgan fingerprint density at radius 1 is 1.11 bits per heavy atom. The maximum Gasteiger partial charge on any atom is 0.229 e. The normalized spacial score (nSPS) is 17.6. The van der Waals surface area contributed by atoms with Crippen LogP contribution in [0.3, 0.4) is 0 Å². The average Bonchev–Trinajstić information content (AvgIpc) is 2.81. The molecule has 2 fully saturated rings. The van der Waals surface area contributed by atoms with Gasteiger partial charge in [0.05, 0.1) is 11.9 Å². The minimum atomic E-state index is -2.48. The molecule has 0 amide bonds.